The molecule has 74 valence electrons. The number of fused-ring (bicyclic) bond motifs is 1. The third-order valence-corrected chi connectivity index (χ3v) is 1.74. The third-order valence-electron chi connectivity index (χ3n) is 1.74. The van der Waals surface area contributed by atoms with Crippen LogP contribution in [0.25, 0.3) is 0 Å². The zero-order valence-electron chi connectivity index (χ0n) is 7.83. The van der Waals surface area contributed by atoms with Crippen molar-refractivity contribution in [3.63, 3.8) is 0 Å². The molecule has 4 heteroatoms. The van der Waals surface area contributed by atoms with Crippen LogP contribution < -0.4 is 9.47 Å². The maximum absolute atomic E-state index is 5.19. The van der Waals surface area contributed by atoms with Crippen LogP contribution in [-0.2, 0) is 16.1 Å². The van der Waals surface area contributed by atoms with Crippen molar-refractivity contribution in [2.75, 3.05) is 20.7 Å². The van der Waals surface area contributed by atoms with Gasteiger partial charge in [-0.1, -0.05) is 6.07 Å². The largest absolute Gasteiger partial charge is 0.453 e. The molecule has 0 spiro atoms. The molecule has 14 heavy (non-hydrogen) atoms. The molecule has 0 radical (unpaired) electrons. The van der Waals surface area contributed by atoms with Crippen LogP contribution in [0.2, 0.25) is 0 Å². The third kappa shape index (κ3) is 1.90. The minimum absolute atomic E-state index is 0.252. The summed E-state index contributed by atoms with van der Waals surface area (Å²) in [6.45, 7) is 0.950. The number of ether oxygens (including phenoxy) is 4. The van der Waals surface area contributed by atoms with Crippen LogP contribution in [0.4, 0.5) is 0 Å². The quantitative estimate of drug-likeness (QED) is 0.532. The van der Waals surface area contributed by atoms with Gasteiger partial charge in [0.2, 0.25) is 12.5 Å². The molecule has 0 aliphatic carbocycles. The van der Waals surface area contributed by atoms with E-state index in [1.54, 1.807) is 7.11 Å². The SMILES string of the molecule is COCOCc1c#cc2c(c1)OCO2. The van der Waals surface area contributed by atoms with Crippen molar-refractivity contribution in [1.82, 2.24) is 0 Å². The van der Waals surface area contributed by atoms with Gasteiger partial charge in [-0.2, -0.15) is 0 Å². The fourth-order valence-corrected chi connectivity index (χ4v) is 1.14. The zero-order valence-corrected chi connectivity index (χ0v) is 7.83. The number of rotatable bonds is 4. The van der Waals surface area contributed by atoms with Gasteiger partial charge in [-0.05, 0) is 12.1 Å². The van der Waals surface area contributed by atoms with Gasteiger partial charge in [0.1, 0.15) is 6.79 Å². The van der Waals surface area contributed by atoms with E-state index in [1.165, 1.54) is 0 Å². The van der Waals surface area contributed by atoms with Gasteiger partial charge in [-0.25, -0.2) is 0 Å². The molecule has 0 aromatic heterocycles. The summed E-state index contributed by atoms with van der Waals surface area (Å²) in [5, 5.41) is 0. The average molecular weight is 194 g/mol. The minimum Gasteiger partial charge on any atom is -0.453 e. The van der Waals surface area contributed by atoms with E-state index in [2.05, 4.69) is 12.1 Å². The maximum atomic E-state index is 5.19. The number of hydrogen-bond acceptors (Lipinski definition) is 4. The minimum atomic E-state index is 0.252. The second-order valence-electron chi connectivity index (χ2n) is 2.77. The highest BCUT2D eigenvalue weighted by Gasteiger charge is 2.12. The summed E-state index contributed by atoms with van der Waals surface area (Å²) in [5.41, 5.74) is 0.867. The lowest BCUT2D eigenvalue weighted by Gasteiger charge is -2.00. The fourth-order valence-electron chi connectivity index (χ4n) is 1.14. The molecule has 1 heterocycles. The lowest BCUT2D eigenvalue weighted by molar-refractivity contribution is -0.0391. The van der Waals surface area contributed by atoms with Crippen molar-refractivity contribution >= 4 is 0 Å². The fraction of sp³-hybridized carbons (Fsp3) is 0.400. The number of hydrogen-bond donors (Lipinski definition) is 0. The Hall–Kier alpha value is -1.44. The van der Waals surface area contributed by atoms with Gasteiger partial charge in [-0.3, -0.25) is 0 Å². The van der Waals surface area contributed by atoms with Crippen LogP contribution >= 0.6 is 0 Å². The Kier molecular flexibility index (Phi) is 2.73. The molecular formula is C10H10O4. The van der Waals surface area contributed by atoms with E-state index in [4.69, 9.17) is 18.9 Å². The highest BCUT2D eigenvalue weighted by Crippen LogP contribution is 2.29. The molecule has 1 aromatic rings. The van der Waals surface area contributed by atoms with Crippen LogP contribution in [0.3, 0.4) is 0 Å². The normalized spacial score (nSPS) is 12.6. The van der Waals surface area contributed by atoms with Crippen LogP contribution in [0.15, 0.2) is 6.07 Å². The molecule has 0 amide bonds. The second-order valence-corrected chi connectivity index (χ2v) is 2.77. The summed E-state index contributed by atoms with van der Waals surface area (Å²) < 4.78 is 20.2. The van der Waals surface area contributed by atoms with E-state index in [0.29, 0.717) is 18.1 Å². The number of methoxy groups -OCH3 is 1. The summed E-state index contributed by atoms with van der Waals surface area (Å²) in [6, 6.07) is 7.60. The lowest BCUT2D eigenvalue weighted by Crippen LogP contribution is -1.96. The highest BCUT2D eigenvalue weighted by molar-refractivity contribution is 5.40. The summed E-state index contributed by atoms with van der Waals surface area (Å²) in [7, 11) is 1.58. The molecule has 0 bridgehead atoms. The topological polar surface area (TPSA) is 36.9 Å². The predicted molar refractivity (Wildman–Crippen MR) is 46.9 cm³/mol. The zero-order chi connectivity index (χ0) is 9.80. The molecule has 1 aliphatic rings. The van der Waals surface area contributed by atoms with Crippen LogP contribution in [0.1, 0.15) is 5.56 Å². The van der Waals surface area contributed by atoms with Gasteiger partial charge < -0.3 is 18.9 Å². The summed E-state index contributed by atoms with van der Waals surface area (Å²) in [6.07, 6.45) is 0. The molecule has 0 saturated carbocycles. The van der Waals surface area contributed by atoms with Gasteiger partial charge in [0, 0.05) is 12.7 Å². The van der Waals surface area contributed by atoms with E-state index in [-0.39, 0.29) is 13.6 Å². The highest BCUT2D eigenvalue weighted by atomic mass is 16.7. The molecule has 0 unspecified atom stereocenters. The second kappa shape index (κ2) is 4.18. The van der Waals surface area contributed by atoms with Crippen molar-refractivity contribution in [2.24, 2.45) is 0 Å². The molecule has 0 fully saturated rings. The molecule has 1 aromatic carbocycles. The Balaban J connectivity index is 1.98. The Morgan fingerprint density at radius 3 is 3.21 bits per heavy atom. The monoisotopic (exact) mass is 194 g/mol. The van der Waals surface area contributed by atoms with Crippen molar-refractivity contribution in [1.29, 1.82) is 0 Å². The Morgan fingerprint density at radius 2 is 2.36 bits per heavy atom. The van der Waals surface area contributed by atoms with Crippen molar-refractivity contribution in [2.45, 2.75) is 6.61 Å². The molecule has 0 N–H and O–H groups in total. The predicted octanol–water partition coefficient (Wildman–Crippen LogP) is 1.14. The Morgan fingerprint density at radius 1 is 1.43 bits per heavy atom. The van der Waals surface area contributed by atoms with E-state index >= 15 is 0 Å². The molecule has 1 aliphatic heterocycles. The molecule has 2 rings (SSSR count). The molecule has 0 saturated heterocycles. The van der Waals surface area contributed by atoms with E-state index in [1.807, 2.05) is 6.07 Å². The Labute approximate surface area is 82.3 Å². The summed E-state index contributed by atoms with van der Waals surface area (Å²) in [4.78, 5) is 0. The molecule has 0 atom stereocenters. The van der Waals surface area contributed by atoms with Crippen molar-refractivity contribution < 1.29 is 18.9 Å². The van der Waals surface area contributed by atoms with Gasteiger partial charge in [0.25, 0.3) is 0 Å². The van der Waals surface area contributed by atoms with Gasteiger partial charge in [-0.15, -0.1) is 0 Å². The maximum Gasteiger partial charge on any atom is 0.232 e. The molecular weight excluding hydrogens is 184 g/mol. The van der Waals surface area contributed by atoms with E-state index in [9.17, 15) is 0 Å². The van der Waals surface area contributed by atoms with Crippen molar-refractivity contribution in [3.8, 4) is 11.5 Å². The van der Waals surface area contributed by atoms with Gasteiger partial charge in [0.05, 0.1) is 6.61 Å². The lowest BCUT2D eigenvalue weighted by atomic mass is 10.2. The first-order chi connectivity index (χ1) is 6.90. The van der Waals surface area contributed by atoms with Gasteiger partial charge in [0.15, 0.2) is 5.75 Å². The van der Waals surface area contributed by atoms with Crippen LogP contribution in [0.5, 0.6) is 11.5 Å². The van der Waals surface area contributed by atoms with Crippen LogP contribution in [0, 0.1) is 12.1 Å². The standard InChI is InChI=1S/C10H10O4/c1-11-6-12-5-8-2-3-9-10(4-8)14-7-13-9/h4H,5-7H2,1H3. The van der Waals surface area contributed by atoms with Crippen LogP contribution in [-0.4, -0.2) is 20.7 Å². The first-order valence-corrected chi connectivity index (χ1v) is 4.19. The molecule has 4 nitrogen and oxygen atoms in total. The Bertz CT molecular complexity index is 311. The summed E-state index contributed by atoms with van der Waals surface area (Å²) in [5.74, 6) is 1.31. The van der Waals surface area contributed by atoms with E-state index in [0.717, 1.165) is 5.56 Å². The first kappa shape index (κ1) is 9.13. The van der Waals surface area contributed by atoms with Crippen molar-refractivity contribution in [3.05, 3.63) is 23.8 Å². The van der Waals surface area contributed by atoms with Gasteiger partial charge >= 0.3 is 0 Å². The smallest absolute Gasteiger partial charge is 0.232 e. The van der Waals surface area contributed by atoms with E-state index < -0.39 is 0 Å². The summed E-state index contributed by atoms with van der Waals surface area (Å²) >= 11 is 0. The first-order valence-electron chi connectivity index (χ1n) is 4.19. The average Bonchev–Trinajstić information content (AvgIpc) is 2.65.